The minimum atomic E-state index is -4.89. The average Bonchev–Trinajstić information content (AvgIpc) is 3.23. The minimum Gasteiger partial charge on any atom is -0.381 e. The van der Waals surface area contributed by atoms with Crippen LogP contribution in [0.5, 0.6) is 0 Å². The van der Waals surface area contributed by atoms with Crippen LogP contribution < -0.4 is 10.9 Å². The summed E-state index contributed by atoms with van der Waals surface area (Å²) < 4.78 is 84.9. The molecule has 1 atom stereocenters. The van der Waals surface area contributed by atoms with Gasteiger partial charge >= 0.3 is 6.18 Å². The Hall–Kier alpha value is -2.68. The second kappa shape index (κ2) is 9.65. The van der Waals surface area contributed by atoms with E-state index in [2.05, 4.69) is 9.97 Å². The van der Waals surface area contributed by atoms with Crippen LogP contribution in [0.1, 0.15) is 42.0 Å². The van der Waals surface area contributed by atoms with Crippen LogP contribution in [0.3, 0.4) is 0 Å². The van der Waals surface area contributed by atoms with Gasteiger partial charge in [-0.2, -0.15) is 13.2 Å². The Kier molecular flexibility index (Phi) is 7.07. The van der Waals surface area contributed by atoms with E-state index in [-0.39, 0.29) is 22.6 Å². The number of alkyl halides is 3. The Morgan fingerprint density at radius 2 is 1.89 bits per heavy atom. The number of nitrogens with two attached hydrogens (primary N) is 2. The first-order chi connectivity index (χ1) is 16.8. The molecule has 14 heteroatoms. The van der Waals surface area contributed by atoms with E-state index in [1.54, 1.807) is 6.07 Å². The zero-order valence-electron chi connectivity index (χ0n) is 19.0. The summed E-state index contributed by atoms with van der Waals surface area (Å²) in [5.74, 6) is -1.18. The Balaban J connectivity index is 1.92. The van der Waals surface area contributed by atoms with Crippen molar-refractivity contribution in [2.24, 2.45) is 5.14 Å². The van der Waals surface area contributed by atoms with Crippen LogP contribution in [-0.4, -0.2) is 42.8 Å². The monoisotopic (exact) mass is 545 g/mol. The molecule has 0 spiro atoms. The predicted octanol–water partition coefficient (Wildman–Crippen LogP) is 4.34. The van der Waals surface area contributed by atoms with Gasteiger partial charge in [0, 0.05) is 36.0 Å². The van der Waals surface area contributed by atoms with Crippen molar-refractivity contribution in [1.29, 1.82) is 0 Å². The van der Waals surface area contributed by atoms with E-state index in [1.807, 2.05) is 6.92 Å². The Morgan fingerprint density at radius 1 is 1.19 bits per heavy atom. The maximum atomic E-state index is 15.8. The summed E-state index contributed by atoms with van der Waals surface area (Å²) >= 11 is 1.26. The van der Waals surface area contributed by atoms with Crippen LogP contribution in [0, 0.1) is 5.82 Å². The number of anilines is 1. The molecule has 1 unspecified atom stereocenters. The third-order valence-corrected chi connectivity index (χ3v) is 8.69. The quantitative estimate of drug-likeness (QED) is 0.440. The molecule has 8 nitrogen and oxygen atoms in total. The number of rotatable bonds is 6. The number of benzene rings is 1. The number of aromatic nitrogens is 3. The SMILES string of the molecule is CC1(c2nc(-c3cccc(C(CC(F)(F)F)S(N)(=O)=O)c3F)c(-c3ccnc(N)n3)s2)CCOCC1. The van der Waals surface area contributed by atoms with Gasteiger partial charge in [0.15, 0.2) is 0 Å². The van der Waals surface area contributed by atoms with Crippen LogP contribution in [0.25, 0.3) is 21.8 Å². The van der Waals surface area contributed by atoms with Gasteiger partial charge in [-0.05, 0) is 25.0 Å². The molecule has 0 bridgehead atoms. The molecule has 3 aromatic rings. The fourth-order valence-corrected chi connectivity index (χ4v) is 6.27. The topological polar surface area (TPSA) is 134 Å². The van der Waals surface area contributed by atoms with Crippen LogP contribution in [0.2, 0.25) is 0 Å². The van der Waals surface area contributed by atoms with E-state index < -0.39 is 39.3 Å². The Labute approximate surface area is 208 Å². The van der Waals surface area contributed by atoms with E-state index in [4.69, 9.17) is 20.6 Å². The average molecular weight is 546 g/mol. The smallest absolute Gasteiger partial charge is 0.381 e. The van der Waals surface area contributed by atoms with Gasteiger partial charge in [-0.25, -0.2) is 32.9 Å². The van der Waals surface area contributed by atoms with Gasteiger partial charge in [0.25, 0.3) is 0 Å². The standard InChI is InChI=1S/C22H23F4N5O3S2/c1-21(6-9-34-10-7-21)19-31-17(18(35-19)14-5-8-29-20(27)30-14)13-4-2-3-12(16(13)23)15(36(28,32)33)11-22(24,25)26/h2-5,8,15H,6-7,9-11H2,1H3,(H2,27,29,30)(H2,28,32,33). The number of sulfonamides is 1. The fraction of sp³-hybridized carbons (Fsp3) is 0.409. The number of halogens is 4. The molecule has 1 aliphatic rings. The second-order valence-electron chi connectivity index (χ2n) is 8.78. The highest BCUT2D eigenvalue weighted by molar-refractivity contribution is 7.89. The van der Waals surface area contributed by atoms with E-state index in [9.17, 15) is 21.6 Å². The summed E-state index contributed by atoms with van der Waals surface area (Å²) in [6, 6.07) is 5.14. The number of hydrogen-bond donors (Lipinski definition) is 2. The molecule has 0 radical (unpaired) electrons. The summed E-state index contributed by atoms with van der Waals surface area (Å²) in [5, 5.41) is 3.43. The molecule has 4 rings (SSSR count). The fourth-order valence-electron chi connectivity index (χ4n) is 4.07. The van der Waals surface area contributed by atoms with Crippen molar-refractivity contribution < 1.29 is 30.7 Å². The molecule has 1 saturated heterocycles. The highest BCUT2D eigenvalue weighted by Gasteiger charge is 2.40. The molecule has 1 fully saturated rings. The number of ether oxygens (including phenoxy) is 1. The molecule has 1 aliphatic heterocycles. The van der Waals surface area contributed by atoms with Crippen LogP contribution in [0.4, 0.5) is 23.5 Å². The lowest BCUT2D eigenvalue weighted by Gasteiger charge is -2.31. The number of primary sulfonamides is 1. The molecule has 0 aliphatic carbocycles. The Morgan fingerprint density at radius 3 is 2.50 bits per heavy atom. The zero-order valence-corrected chi connectivity index (χ0v) is 20.7. The molecule has 3 heterocycles. The molecule has 2 aromatic heterocycles. The van der Waals surface area contributed by atoms with Gasteiger partial charge in [-0.3, -0.25) is 0 Å². The highest BCUT2D eigenvalue weighted by atomic mass is 32.2. The van der Waals surface area contributed by atoms with Crippen LogP contribution >= 0.6 is 11.3 Å². The van der Waals surface area contributed by atoms with Gasteiger partial charge < -0.3 is 10.5 Å². The summed E-state index contributed by atoms with van der Waals surface area (Å²) in [6.07, 6.45) is -3.99. The van der Waals surface area contributed by atoms with Crippen molar-refractivity contribution in [2.45, 2.75) is 43.0 Å². The van der Waals surface area contributed by atoms with Gasteiger partial charge in [-0.15, -0.1) is 11.3 Å². The summed E-state index contributed by atoms with van der Waals surface area (Å²) in [5.41, 5.74) is 4.96. The highest BCUT2D eigenvalue weighted by Crippen LogP contribution is 2.45. The van der Waals surface area contributed by atoms with E-state index in [0.29, 0.717) is 41.6 Å². The van der Waals surface area contributed by atoms with Gasteiger partial charge in [0.05, 0.1) is 27.7 Å². The number of nitrogen functional groups attached to an aromatic ring is 1. The third-order valence-electron chi connectivity index (χ3n) is 6.09. The first-order valence-electron chi connectivity index (χ1n) is 10.8. The van der Waals surface area contributed by atoms with Gasteiger partial charge in [0.2, 0.25) is 16.0 Å². The lowest BCUT2D eigenvalue weighted by molar-refractivity contribution is -0.135. The maximum Gasteiger partial charge on any atom is 0.390 e. The van der Waals surface area contributed by atoms with Crippen molar-refractivity contribution >= 4 is 27.3 Å². The molecule has 194 valence electrons. The number of thiazole rings is 1. The molecule has 1 aromatic carbocycles. The minimum absolute atomic E-state index is 0.0284. The maximum absolute atomic E-state index is 15.8. The van der Waals surface area contributed by atoms with Crippen molar-refractivity contribution in [2.75, 3.05) is 18.9 Å². The van der Waals surface area contributed by atoms with E-state index >= 15 is 4.39 Å². The number of hydrogen-bond acceptors (Lipinski definition) is 8. The lowest BCUT2D eigenvalue weighted by Crippen LogP contribution is -2.30. The van der Waals surface area contributed by atoms with E-state index in [1.165, 1.54) is 29.7 Å². The summed E-state index contributed by atoms with van der Waals surface area (Å²) in [7, 11) is -4.79. The molecule has 0 amide bonds. The Bertz CT molecular complexity index is 1370. The van der Waals surface area contributed by atoms with Gasteiger partial charge in [-0.1, -0.05) is 19.1 Å². The molecule has 0 saturated carbocycles. The lowest BCUT2D eigenvalue weighted by atomic mass is 9.83. The molecular weight excluding hydrogens is 522 g/mol. The molecule has 36 heavy (non-hydrogen) atoms. The van der Waals surface area contributed by atoms with Crippen molar-refractivity contribution in [3.8, 4) is 21.8 Å². The third kappa shape index (κ3) is 5.51. The van der Waals surface area contributed by atoms with Crippen LogP contribution in [0.15, 0.2) is 30.5 Å². The first-order valence-corrected chi connectivity index (χ1v) is 13.3. The van der Waals surface area contributed by atoms with Crippen molar-refractivity contribution in [1.82, 2.24) is 15.0 Å². The summed E-state index contributed by atoms with van der Waals surface area (Å²) in [4.78, 5) is 13.2. The zero-order chi connectivity index (χ0) is 26.3. The number of nitrogens with zero attached hydrogens (tertiary/aromatic N) is 3. The first kappa shape index (κ1) is 26.4. The van der Waals surface area contributed by atoms with E-state index in [0.717, 1.165) is 6.07 Å². The van der Waals surface area contributed by atoms with Crippen molar-refractivity contribution in [3.05, 3.63) is 46.9 Å². The van der Waals surface area contributed by atoms with Crippen LogP contribution in [-0.2, 0) is 20.2 Å². The molecule has 4 N–H and O–H groups in total. The largest absolute Gasteiger partial charge is 0.390 e. The predicted molar refractivity (Wildman–Crippen MR) is 127 cm³/mol. The summed E-state index contributed by atoms with van der Waals surface area (Å²) in [6.45, 7) is 3.03. The normalized spacial score (nSPS) is 17.2. The second-order valence-corrected chi connectivity index (χ2v) is 11.5. The molecular formula is C22H23F4N5O3S2. The van der Waals surface area contributed by atoms with Crippen molar-refractivity contribution in [3.63, 3.8) is 0 Å². The van der Waals surface area contributed by atoms with Gasteiger partial charge in [0.1, 0.15) is 11.1 Å².